The predicted molar refractivity (Wildman–Crippen MR) is 110 cm³/mol. The van der Waals surface area contributed by atoms with E-state index in [2.05, 4.69) is 34.6 Å². The van der Waals surface area contributed by atoms with Crippen LogP contribution in [-0.4, -0.2) is 38.8 Å². The lowest BCUT2D eigenvalue weighted by Gasteiger charge is -2.23. The van der Waals surface area contributed by atoms with Crippen LogP contribution < -0.4 is 16.4 Å². The predicted octanol–water partition coefficient (Wildman–Crippen LogP) is 3.17. The van der Waals surface area contributed by atoms with Crippen molar-refractivity contribution in [2.45, 2.75) is 45.2 Å². The first-order valence-corrected chi connectivity index (χ1v) is 9.89. The molecule has 4 rings (SSSR count). The van der Waals surface area contributed by atoms with Gasteiger partial charge in [0.1, 0.15) is 0 Å². The number of anilines is 3. The van der Waals surface area contributed by atoms with Gasteiger partial charge in [0.05, 0.1) is 11.9 Å². The van der Waals surface area contributed by atoms with Crippen LogP contribution in [0.5, 0.6) is 0 Å². The maximum absolute atomic E-state index is 14.3. The van der Waals surface area contributed by atoms with E-state index in [4.69, 9.17) is 15.5 Å². The SMILES string of the molecule is CC(C)c1cnn2c(NCc3cccc(N)c3F)nc(NC3CCOCC3)nc12. The molecule has 0 bridgehead atoms. The van der Waals surface area contributed by atoms with E-state index in [1.54, 1.807) is 28.9 Å². The Bertz CT molecular complexity index is 998. The molecule has 4 N–H and O–H groups in total. The molecule has 1 fully saturated rings. The Morgan fingerprint density at radius 2 is 2.07 bits per heavy atom. The molecule has 0 aliphatic carbocycles. The Balaban J connectivity index is 1.66. The van der Waals surface area contributed by atoms with Crippen LogP contribution in [0, 0.1) is 5.82 Å². The summed E-state index contributed by atoms with van der Waals surface area (Å²) in [5, 5.41) is 11.0. The quantitative estimate of drug-likeness (QED) is 0.547. The van der Waals surface area contributed by atoms with Crippen LogP contribution in [0.15, 0.2) is 24.4 Å². The van der Waals surface area contributed by atoms with E-state index in [-0.39, 0.29) is 24.2 Å². The summed E-state index contributed by atoms with van der Waals surface area (Å²) in [6.07, 6.45) is 3.61. The average molecular weight is 399 g/mol. The first-order chi connectivity index (χ1) is 14.0. The van der Waals surface area contributed by atoms with Crippen LogP contribution in [-0.2, 0) is 11.3 Å². The Labute approximate surface area is 168 Å². The van der Waals surface area contributed by atoms with Crippen molar-refractivity contribution in [1.29, 1.82) is 0 Å². The minimum Gasteiger partial charge on any atom is -0.396 e. The van der Waals surface area contributed by atoms with Gasteiger partial charge in [-0.25, -0.2) is 4.39 Å². The molecule has 0 amide bonds. The summed E-state index contributed by atoms with van der Waals surface area (Å²) < 4.78 is 21.4. The van der Waals surface area contributed by atoms with Crippen LogP contribution in [0.1, 0.15) is 43.7 Å². The van der Waals surface area contributed by atoms with E-state index in [0.717, 1.165) is 37.3 Å². The minimum absolute atomic E-state index is 0.125. The second-order valence-electron chi connectivity index (χ2n) is 7.57. The molecule has 29 heavy (non-hydrogen) atoms. The maximum Gasteiger partial charge on any atom is 0.229 e. The van der Waals surface area contributed by atoms with Gasteiger partial charge in [0.15, 0.2) is 11.5 Å². The second-order valence-corrected chi connectivity index (χ2v) is 7.57. The Kier molecular flexibility index (Phi) is 5.48. The lowest BCUT2D eigenvalue weighted by Crippen LogP contribution is -2.29. The van der Waals surface area contributed by atoms with Crippen LogP contribution in [0.2, 0.25) is 0 Å². The number of fused-ring (bicyclic) bond motifs is 1. The Morgan fingerprint density at radius 1 is 1.28 bits per heavy atom. The van der Waals surface area contributed by atoms with Crippen molar-refractivity contribution in [2.75, 3.05) is 29.6 Å². The molecule has 0 saturated carbocycles. The van der Waals surface area contributed by atoms with Gasteiger partial charge in [-0.2, -0.15) is 19.6 Å². The molecule has 1 aromatic carbocycles. The molecule has 0 spiro atoms. The average Bonchev–Trinajstić information content (AvgIpc) is 3.14. The summed E-state index contributed by atoms with van der Waals surface area (Å²) in [6.45, 7) is 5.88. The molecular weight excluding hydrogens is 373 g/mol. The molecule has 3 aromatic rings. The summed E-state index contributed by atoms with van der Waals surface area (Å²) in [6, 6.07) is 5.23. The highest BCUT2D eigenvalue weighted by molar-refractivity contribution is 5.56. The minimum atomic E-state index is -0.422. The number of hydrogen-bond acceptors (Lipinski definition) is 7. The van der Waals surface area contributed by atoms with Gasteiger partial charge in [0, 0.05) is 36.9 Å². The van der Waals surface area contributed by atoms with Gasteiger partial charge in [0.2, 0.25) is 11.9 Å². The zero-order chi connectivity index (χ0) is 20.4. The molecule has 9 heteroatoms. The van der Waals surface area contributed by atoms with Crippen molar-refractivity contribution in [1.82, 2.24) is 19.6 Å². The van der Waals surface area contributed by atoms with E-state index in [0.29, 0.717) is 17.5 Å². The lowest BCUT2D eigenvalue weighted by molar-refractivity contribution is 0.0903. The molecule has 3 heterocycles. The monoisotopic (exact) mass is 399 g/mol. The third-order valence-corrected chi connectivity index (χ3v) is 5.12. The molecule has 154 valence electrons. The highest BCUT2D eigenvalue weighted by Crippen LogP contribution is 2.24. The van der Waals surface area contributed by atoms with Gasteiger partial charge in [-0.05, 0) is 24.8 Å². The van der Waals surface area contributed by atoms with Crippen molar-refractivity contribution in [3.8, 4) is 0 Å². The number of benzene rings is 1. The van der Waals surface area contributed by atoms with Gasteiger partial charge in [-0.3, -0.25) is 0 Å². The van der Waals surface area contributed by atoms with Crippen molar-refractivity contribution < 1.29 is 9.13 Å². The van der Waals surface area contributed by atoms with E-state index >= 15 is 0 Å². The number of nitrogens with one attached hydrogen (secondary N) is 2. The number of ether oxygens (including phenoxy) is 1. The summed E-state index contributed by atoms with van der Waals surface area (Å²) >= 11 is 0. The number of nitrogens with two attached hydrogens (primary N) is 1. The topological polar surface area (TPSA) is 102 Å². The van der Waals surface area contributed by atoms with Crippen LogP contribution in [0.4, 0.5) is 22.0 Å². The molecule has 0 unspecified atom stereocenters. The van der Waals surface area contributed by atoms with Gasteiger partial charge in [-0.1, -0.05) is 26.0 Å². The fraction of sp³-hybridized carbons (Fsp3) is 0.450. The van der Waals surface area contributed by atoms with E-state index in [1.165, 1.54) is 0 Å². The first-order valence-electron chi connectivity index (χ1n) is 9.89. The van der Waals surface area contributed by atoms with Gasteiger partial charge in [0.25, 0.3) is 0 Å². The molecule has 1 aliphatic heterocycles. The van der Waals surface area contributed by atoms with Crippen LogP contribution in [0.3, 0.4) is 0 Å². The highest BCUT2D eigenvalue weighted by atomic mass is 19.1. The number of rotatable bonds is 6. The van der Waals surface area contributed by atoms with Crippen molar-refractivity contribution in [2.24, 2.45) is 0 Å². The van der Waals surface area contributed by atoms with Gasteiger partial charge >= 0.3 is 0 Å². The number of nitrogens with zero attached hydrogens (tertiary/aromatic N) is 4. The van der Waals surface area contributed by atoms with Gasteiger partial charge < -0.3 is 21.1 Å². The normalized spacial score (nSPS) is 15.2. The maximum atomic E-state index is 14.3. The van der Waals surface area contributed by atoms with Crippen LogP contribution in [0.25, 0.3) is 5.65 Å². The smallest absolute Gasteiger partial charge is 0.229 e. The summed E-state index contributed by atoms with van der Waals surface area (Å²) in [5.41, 5.74) is 8.03. The van der Waals surface area contributed by atoms with E-state index in [1.807, 2.05) is 0 Å². The lowest BCUT2D eigenvalue weighted by atomic mass is 10.1. The van der Waals surface area contributed by atoms with Crippen molar-refractivity contribution in [3.63, 3.8) is 0 Å². The molecule has 0 atom stereocenters. The fourth-order valence-electron chi connectivity index (χ4n) is 3.42. The zero-order valence-corrected chi connectivity index (χ0v) is 16.7. The second kappa shape index (κ2) is 8.20. The van der Waals surface area contributed by atoms with Crippen molar-refractivity contribution in [3.05, 3.63) is 41.3 Å². The Morgan fingerprint density at radius 3 is 2.83 bits per heavy atom. The number of hydrogen-bond donors (Lipinski definition) is 3. The third-order valence-electron chi connectivity index (χ3n) is 5.12. The molecule has 1 aliphatic rings. The first kappa shape index (κ1) is 19.4. The molecule has 2 aromatic heterocycles. The Hall–Kier alpha value is -2.94. The summed E-state index contributed by atoms with van der Waals surface area (Å²) in [5.74, 6) is 0.868. The molecular formula is C20H26FN7O. The number of halogens is 1. The molecule has 1 saturated heterocycles. The number of aromatic nitrogens is 4. The van der Waals surface area contributed by atoms with E-state index < -0.39 is 5.82 Å². The highest BCUT2D eigenvalue weighted by Gasteiger charge is 2.19. The van der Waals surface area contributed by atoms with Crippen molar-refractivity contribution >= 4 is 23.2 Å². The zero-order valence-electron chi connectivity index (χ0n) is 16.7. The summed E-state index contributed by atoms with van der Waals surface area (Å²) in [4.78, 5) is 9.31. The number of nitrogen functional groups attached to an aromatic ring is 1. The molecule has 8 nitrogen and oxygen atoms in total. The standard InChI is InChI=1S/C20H26FN7O/c1-12(2)15-11-24-28-18(15)26-19(25-14-6-8-29-9-7-14)27-20(28)23-10-13-4-3-5-16(22)17(13)21/h3-5,11-12,14H,6-10,22H2,1-2H3,(H2,23,25,26,27). The molecule has 0 radical (unpaired) electrons. The summed E-state index contributed by atoms with van der Waals surface area (Å²) in [7, 11) is 0. The third kappa shape index (κ3) is 4.09. The van der Waals surface area contributed by atoms with Gasteiger partial charge in [-0.15, -0.1) is 0 Å². The fourth-order valence-corrected chi connectivity index (χ4v) is 3.42. The van der Waals surface area contributed by atoms with E-state index in [9.17, 15) is 4.39 Å². The van der Waals surface area contributed by atoms with Crippen LogP contribution >= 0.6 is 0 Å². The largest absolute Gasteiger partial charge is 0.396 e.